The molecule has 1 fully saturated rings. The molecule has 7 nitrogen and oxygen atoms in total. The normalized spacial score (nSPS) is 15.3. The highest BCUT2D eigenvalue weighted by molar-refractivity contribution is 7.09. The fourth-order valence-electron chi connectivity index (χ4n) is 2.63. The summed E-state index contributed by atoms with van der Waals surface area (Å²) in [6.07, 6.45) is 3.91. The van der Waals surface area contributed by atoms with Gasteiger partial charge in [0.15, 0.2) is 16.3 Å². The minimum atomic E-state index is -0.437. The monoisotopic (exact) mass is 389 g/mol. The topological polar surface area (TPSA) is 81.9 Å². The molecule has 3 rings (SSSR count). The molecule has 1 aliphatic rings. The maximum Gasteiger partial charge on any atom is 0.279 e. The number of carbonyl (C=O) groups excluding carboxylic acids is 2. The van der Waals surface area contributed by atoms with Gasteiger partial charge >= 0.3 is 0 Å². The van der Waals surface area contributed by atoms with E-state index in [9.17, 15) is 9.59 Å². The Labute approximate surface area is 161 Å². The molecule has 0 radical (unpaired) electrons. The summed E-state index contributed by atoms with van der Waals surface area (Å²) in [4.78, 5) is 30.7. The summed E-state index contributed by atoms with van der Waals surface area (Å²) < 4.78 is 12.2. The van der Waals surface area contributed by atoms with E-state index in [1.165, 1.54) is 25.6 Å². The lowest BCUT2D eigenvalue weighted by molar-refractivity contribution is -0.124. The third-order valence-corrected chi connectivity index (χ3v) is 5.25. The van der Waals surface area contributed by atoms with Crippen molar-refractivity contribution < 1.29 is 19.1 Å². The predicted octanol–water partition coefficient (Wildman–Crippen LogP) is 2.46. The Kier molecular flexibility index (Phi) is 5.65. The lowest BCUT2D eigenvalue weighted by Crippen LogP contribution is -2.35. The molecule has 1 aromatic heterocycles. The van der Waals surface area contributed by atoms with Gasteiger partial charge in [0, 0.05) is 22.7 Å². The van der Waals surface area contributed by atoms with E-state index in [2.05, 4.69) is 10.3 Å². The summed E-state index contributed by atoms with van der Waals surface area (Å²) in [6, 6.07) is 4.75. The second kappa shape index (κ2) is 7.96. The minimum Gasteiger partial charge on any atom is -0.493 e. The zero-order valence-electron chi connectivity index (χ0n) is 15.8. The number of methoxy groups -OCH3 is 2. The van der Waals surface area contributed by atoms with Crippen molar-refractivity contribution in [3.8, 4) is 11.5 Å². The van der Waals surface area contributed by atoms with Crippen LogP contribution in [0.25, 0.3) is 0 Å². The van der Waals surface area contributed by atoms with E-state index < -0.39 is 11.9 Å². The van der Waals surface area contributed by atoms with Crippen LogP contribution in [-0.4, -0.2) is 36.6 Å². The van der Waals surface area contributed by atoms with Crippen molar-refractivity contribution in [2.45, 2.75) is 38.8 Å². The lowest BCUT2D eigenvalue weighted by Gasteiger charge is -2.13. The van der Waals surface area contributed by atoms with Crippen LogP contribution in [0.5, 0.6) is 11.5 Å². The first kappa shape index (κ1) is 19.2. The molecule has 1 atom stereocenters. The van der Waals surface area contributed by atoms with Gasteiger partial charge in [-0.15, -0.1) is 11.3 Å². The Morgan fingerprint density at radius 2 is 1.96 bits per heavy atom. The van der Waals surface area contributed by atoms with Crippen molar-refractivity contribution in [3.05, 3.63) is 39.6 Å². The molecule has 2 amide bonds. The number of hydrogen-bond acceptors (Lipinski definition) is 5. The molecule has 144 valence electrons. The average Bonchev–Trinajstić information content (AvgIpc) is 3.40. The summed E-state index contributed by atoms with van der Waals surface area (Å²) in [5, 5.41) is 2.99. The number of nitrogens with one attached hydrogen (secondary N) is 1. The largest absolute Gasteiger partial charge is 0.493 e. The molecule has 0 saturated heterocycles. The molecule has 0 bridgehead atoms. The van der Waals surface area contributed by atoms with Crippen LogP contribution in [0, 0.1) is 6.92 Å². The first-order chi connectivity index (χ1) is 12.9. The minimum absolute atomic E-state index is 0.0599. The lowest BCUT2D eigenvalue weighted by atomic mass is 10.2. The molecule has 27 heavy (non-hydrogen) atoms. The molecule has 1 N–H and O–H groups in total. The van der Waals surface area contributed by atoms with Gasteiger partial charge in [-0.25, -0.2) is 0 Å². The zero-order chi connectivity index (χ0) is 19.6. The van der Waals surface area contributed by atoms with Crippen molar-refractivity contribution in [1.29, 1.82) is 0 Å². The second-order valence-corrected chi connectivity index (χ2v) is 7.69. The Bertz CT molecular complexity index is 927. The number of aryl methyl sites for hydroxylation is 1. The Morgan fingerprint density at radius 1 is 1.26 bits per heavy atom. The molecule has 0 spiro atoms. The summed E-state index contributed by atoms with van der Waals surface area (Å²) in [5.74, 6) is 0.545. The van der Waals surface area contributed by atoms with Gasteiger partial charge in [-0.1, -0.05) is 0 Å². The summed E-state index contributed by atoms with van der Waals surface area (Å²) in [6.45, 7) is 3.73. The van der Waals surface area contributed by atoms with E-state index in [4.69, 9.17) is 9.47 Å². The van der Waals surface area contributed by atoms with Crippen molar-refractivity contribution in [2.24, 2.45) is 4.99 Å². The van der Waals surface area contributed by atoms with Gasteiger partial charge in [0.05, 0.1) is 14.2 Å². The third-order valence-electron chi connectivity index (χ3n) is 4.34. The number of amides is 2. The van der Waals surface area contributed by atoms with Crippen molar-refractivity contribution in [2.75, 3.05) is 14.2 Å². The number of aromatic nitrogens is 1. The summed E-state index contributed by atoms with van der Waals surface area (Å²) in [5.41, 5.74) is 0.389. The van der Waals surface area contributed by atoms with Crippen LogP contribution in [0.3, 0.4) is 0 Å². The zero-order valence-corrected chi connectivity index (χ0v) is 16.6. The van der Waals surface area contributed by atoms with Crippen molar-refractivity contribution >= 4 is 23.2 Å². The number of thiazole rings is 1. The smallest absolute Gasteiger partial charge is 0.279 e. The fourth-order valence-corrected chi connectivity index (χ4v) is 3.53. The van der Waals surface area contributed by atoms with Gasteiger partial charge in [0.2, 0.25) is 5.91 Å². The van der Waals surface area contributed by atoms with Crippen LogP contribution in [0.1, 0.15) is 41.0 Å². The van der Waals surface area contributed by atoms with Gasteiger partial charge in [0.25, 0.3) is 5.91 Å². The molecule has 0 aliphatic heterocycles. The number of benzene rings is 1. The number of rotatable bonds is 6. The average molecular weight is 389 g/mol. The number of carbonyl (C=O) groups is 2. The van der Waals surface area contributed by atoms with Crippen LogP contribution < -0.4 is 19.6 Å². The number of hydrogen-bond donors (Lipinski definition) is 1. The van der Waals surface area contributed by atoms with Crippen LogP contribution in [-0.2, 0) is 4.79 Å². The van der Waals surface area contributed by atoms with E-state index in [0.717, 1.165) is 17.7 Å². The molecule has 2 aromatic rings. The van der Waals surface area contributed by atoms with Crippen LogP contribution in [0.15, 0.2) is 29.4 Å². The van der Waals surface area contributed by atoms with Crippen LogP contribution in [0.4, 0.5) is 0 Å². The SMILES string of the molecule is COc1ccc(C(=O)N=c2sc(C)cn2[C@H](C)C(=O)NC2CC2)cc1OC. The van der Waals surface area contributed by atoms with E-state index >= 15 is 0 Å². The summed E-state index contributed by atoms with van der Waals surface area (Å²) >= 11 is 1.37. The van der Waals surface area contributed by atoms with Gasteiger partial charge in [-0.2, -0.15) is 4.99 Å². The van der Waals surface area contributed by atoms with Crippen molar-refractivity contribution in [1.82, 2.24) is 9.88 Å². The fraction of sp³-hybridized carbons (Fsp3) is 0.421. The first-order valence-corrected chi connectivity index (χ1v) is 9.54. The molecular formula is C19H23N3O4S. The van der Waals surface area contributed by atoms with E-state index in [1.54, 1.807) is 22.8 Å². The van der Waals surface area contributed by atoms with Crippen LogP contribution in [0.2, 0.25) is 0 Å². The Morgan fingerprint density at radius 3 is 2.59 bits per heavy atom. The van der Waals surface area contributed by atoms with Gasteiger partial charge < -0.3 is 19.4 Å². The molecule has 1 aromatic carbocycles. The molecule has 8 heteroatoms. The van der Waals surface area contributed by atoms with Crippen LogP contribution >= 0.6 is 11.3 Å². The highest BCUT2D eigenvalue weighted by Gasteiger charge is 2.26. The second-order valence-electron chi connectivity index (χ2n) is 6.48. The predicted molar refractivity (Wildman–Crippen MR) is 102 cm³/mol. The first-order valence-electron chi connectivity index (χ1n) is 8.73. The number of ether oxygens (including phenoxy) is 2. The van der Waals surface area contributed by atoms with E-state index in [-0.39, 0.29) is 11.9 Å². The molecule has 1 saturated carbocycles. The van der Waals surface area contributed by atoms with E-state index in [1.807, 2.05) is 20.0 Å². The Balaban J connectivity index is 1.90. The molecule has 1 heterocycles. The van der Waals surface area contributed by atoms with Crippen molar-refractivity contribution in [3.63, 3.8) is 0 Å². The maximum absolute atomic E-state index is 12.7. The highest BCUT2D eigenvalue weighted by atomic mass is 32.1. The molecule has 0 unspecified atom stereocenters. The van der Waals surface area contributed by atoms with Gasteiger partial charge in [-0.3, -0.25) is 9.59 Å². The Hall–Kier alpha value is -2.61. The van der Waals surface area contributed by atoms with Gasteiger partial charge in [0.1, 0.15) is 6.04 Å². The summed E-state index contributed by atoms with van der Waals surface area (Å²) in [7, 11) is 3.05. The number of nitrogens with zero attached hydrogens (tertiary/aromatic N) is 2. The third kappa shape index (κ3) is 4.39. The molecule has 1 aliphatic carbocycles. The highest BCUT2D eigenvalue weighted by Crippen LogP contribution is 2.27. The molecular weight excluding hydrogens is 366 g/mol. The maximum atomic E-state index is 12.7. The van der Waals surface area contributed by atoms with Gasteiger partial charge in [-0.05, 0) is 44.9 Å². The standard InChI is InChI=1S/C19H23N3O4S/c1-11-10-22(12(2)17(23)20-14-6-7-14)19(27-11)21-18(24)13-5-8-15(25-3)16(9-13)26-4/h5,8-10,12,14H,6-7H2,1-4H3,(H,20,23)/t12-/m1/s1. The quantitative estimate of drug-likeness (QED) is 0.823. The van der Waals surface area contributed by atoms with E-state index in [0.29, 0.717) is 21.9 Å².